The molecule has 1 aliphatic carbocycles. The smallest absolute Gasteiger partial charge is 0.176 e. The van der Waals surface area contributed by atoms with Crippen LogP contribution < -0.4 is 5.73 Å². The molecule has 1 saturated carbocycles. The van der Waals surface area contributed by atoms with E-state index in [1.807, 2.05) is 18.4 Å². The lowest BCUT2D eigenvalue weighted by molar-refractivity contribution is 0.301. The maximum atomic E-state index is 11.7. The van der Waals surface area contributed by atoms with Gasteiger partial charge in [-0.15, -0.1) is 11.8 Å². The summed E-state index contributed by atoms with van der Waals surface area (Å²) < 4.78 is 23.5. The van der Waals surface area contributed by atoms with Crippen molar-refractivity contribution in [3.8, 4) is 0 Å². The molecule has 1 aliphatic rings. The van der Waals surface area contributed by atoms with Gasteiger partial charge in [-0.2, -0.15) is 0 Å². The molecule has 0 aliphatic heterocycles. The van der Waals surface area contributed by atoms with Gasteiger partial charge in [0.25, 0.3) is 0 Å². The first-order valence-electron chi connectivity index (χ1n) is 6.54. The van der Waals surface area contributed by atoms with E-state index < -0.39 is 9.84 Å². The molecule has 1 aromatic rings. The van der Waals surface area contributed by atoms with Crippen molar-refractivity contribution >= 4 is 21.6 Å². The van der Waals surface area contributed by atoms with E-state index in [0.29, 0.717) is 4.90 Å². The highest BCUT2D eigenvalue weighted by atomic mass is 32.2. The van der Waals surface area contributed by atoms with Crippen LogP contribution in [0.2, 0.25) is 0 Å². The topological polar surface area (TPSA) is 60.2 Å². The van der Waals surface area contributed by atoms with Crippen LogP contribution in [0.4, 0.5) is 0 Å². The number of sulfone groups is 1. The van der Waals surface area contributed by atoms with Crippen molar-refractivity contribution in [1.29, 1.82) is 0 Å². The molecule has 0 atom stereocenters. The highest BCUT2D eigenvalue weighted by Gasteiger charge is 2.30. The molecular formula is C14H21NO2S2. The third kappa shape index (κ3) is 3.15. The summed E-state index contributed by atoms with van der Waals surface area (Å²) in [6.07, 6.45) is 8.67. The second-order valence-electron chi connectivity index (χ2n) is 5.35. The van der Waals surface area contributed by atoms with E-state index >= 15 is 0 Å². The molecule has 2 rings (SSSR count). The largest absolute Gasteiger partial charge is 0.321 e. The zero-order valence-electron chi connectivity index (χ0n) is 11.5. The molecule has 106 valence electrons. The summed E-state index contributed by atoms with van der Waals surface area (Å²) in [7, 11) is -3.17. The van der Waals surface area contributed by atoms with Crippen molar-refractivity contribution in [1.82, 2.24) is 0 Å². The van der Waals surface area contributed by atoms with Crippen LogP contribution in [0.15, 0.2) is 28.0 Å². The molecule has 1 fully saturated rings. The highest BCUT2D eigenvalue weighted by molar-refractivity contribution is 7.99. The van der Waals surface area contributed by atoms with Crippen LogP contribution in [0.3, 0.4) is 0 Å². The predicted octanol–water partition coefficient (Wildman–Crippen LogP) is 2.93. The average Bonchev–Trinajstić information content (AvgIpc) is 2.38. The van der Waals surface area contributed by atoms with Crippen LogP contribution in [0, 0.1) is 0 Å². The van der Waals surface area contributed by atoms with Crippen LogP contribution in [0.25, 0.3) is 0 Å². The fourth-order valence-electron chi connectivity index (χ4n) is 2.75. The predicted molar refractivity (Wildman–Crippen MR) is 80.3 cm³/mol. The number of nitrogens with two attached hydrogens (primary N) is 1. The number of rotatable bonds is 3. The molecule has 0 radical (unpaired) electrons. The summed E-state index contributed by atoms with van der Waals surface area (Å²) in [5, 5.41) is 0. The van der Waals surface area contributed by atoms with Gasteiger partial charge in [-0.25, -0.2) is 8.42 Å². The standard InChI is InChI=1S/C14H21NO2S2/c1-18-12-10-11(6-7-13(12)19(2,16)17)14(15)8-4-3-5-9-14/h6-7,10H,3-5,8-9,15H2,1-2H3. The van der Waals surface area contributed by atoms with Gasteiger partial charge in [0.2, 0.25) is 0 Å². The summed E-state index contributed by atoms with van der Waals surface area (Å²) in [6, 6.07) is 5.56. The van der Waals surface area contributed by atoms with Gasteiger partial charge in [0.1, 0.15) is 0 Å². The van der Waals surface area contributed by atoms with E-state index in [1.54, 1.807) is 6.07 Å². The van der Waals surface area contributed by atoms with Gasteiger partial charge >= 0.3 is 0 Å². The molecular weight excluding hydrogens is 278 g/mol. The Hall–Kier alpha value is -0.520. The zero-order chi connectivity index (χ0) is 14.1. The Labute approximate surface area is 119 Å². The normalized spacial score (nSPS) is 19.3. The second-order valence-corrected chi connectivity index (χ2v) is 8.19. The molecule has 1 aromatic carbocycles. The lowest BCUT2D eigenvalue weighted by atomic mass is 9.77. The maximum Gasteiger partial charge on any atom is 0.176 e. The monoisotopic (exact) mass is 299 g/mol. The molecule has 0 heterocycles. The first-order valence-corrected chi connectivity index (χ1v) is 9.66. The zero-order valence-corrected chi connectivity index (χ0v) is 13.1. The van der Waals surface area contributed by atoms with Crippen molar-refractivity contribution in [2.75, 3.05) is 12.5 Å². The summed E-state index contributed by atoms with van der Waals surface area (Å²) in [5.74, 6) is 0. The molecule has 3 nitrogen and oxygen atoms in total. The number of benzene rings is 1. The van der Waals surface area contributed by atoms with Gasteiger partial charge in [-0.05, 0) is 36.8 Å². The minimum absolute atomic E-state index is 0.279. The molecule has 2 N–H and O–H groups in total. The Bertz CT molecular complexity index is 561. The molecule has 0 bridgehead atoms. The van der Waals surface area contributed by atoms with Crippen molar-refractivity contribution in [2.45, 2.75) is 47.4 Å². The van der Waals surface area contributed by atoms with Crippen LogP contribution >= 0.6 is 11.8 Å². The van der Waals surface area contributed by atoms with E-state index in [1.165, 1.54) is 24.4 Å². The van der Waals surface area contributed by atoms with Crippen LogP contribution in [-0.4, -0.2) is 20.9 Å². The second kappa shape index (κ2) is 5.46. The fraction of sp³-hybridized carbons (Fsp3) is 0.571. The van der Waals surface area contributed by atoms with Gasteiger partial charge in [-0.3, -0.25) is 0 Å². The van der Waals surface area contributed by atoms with Crippen molar-refractivity contribution in [3.05, 3.63) is 23.8 Å². The SMILES string of the molecule is CSc1cc(C2(N)CCCCC2)ccc1S(C)(=O)=O. The molecule has 0 spiro atoms. The van der Waals surface area contributed by atoms with Gasteiger partial charge in [0.05, 0.1) is 4.90 Å². The van der Waals surface area contributed by atoms with E-state index in [9.17, 15) is 8.42 Å². The van der Waals surface area contributed by atoms with Crippen LogP contribution in [-0.2, 0) is 15.4 Å². The molecule has 5 heteroatoms. The van der Waals surface area contributed by atoms with Crippen LogP contribution in [0.1, 0.15) is 37.7 Å². The third-order valence-corrected chi connectivity index (χ3v) is 5.95. The van der Waals surface area contributed by atoms with E-state index in [0.717, 1.165) is 36.1 Å². The average molecular weight is 299 g/mol. The fourth-order valence-corrected chi connectivity index (χ4v) is 4.71. The van der Waals surface area contributed by atoms with E-state index in [-0.39, 0.29) is 5.54 Å². The summed E-state index contributed by atoms with van der Waals surface area (Å²) >= 11 is 1.46. The molecule has 0 aromatic heterocycles. The number of thioether (sulfide) groups is 1. The summed E-state index contributed by atoms with van der Waals surface area (Å²) in [6.45, 7) is 0. The quantitative estimate of drug-likeness (QED) is 0.872. The maximum absolute atomic E-state index is 11.7. The Morgan fingerprint density at radius 2 is 1.84 bits per heavy atom. The van der Waals surface area contributed by atoms with E-state index in [2.05, 4.69) is 0 Å². The lowest BCUT2D eigenvalue weighted by Gasteiger charge is -2.34. The first-order chi connectivity index (χ1) is 8.87. The Kier molecular flexibility index (Phi) is 4.28. The van der Waals surface area contributed by atoms with Crippen molar-refractivity contribution in [2.24, 2.45) is 5.73 Å². The first kappa shape index (κ1) is 14.9. The Morgan fingerprint density at radius 1 is 1.21 bits per heavy atom. The number of hydrogen-bond acceptors (Lipinski definition) is 4. The molecule has 0 unspecified atom stereocenters. The van der Waals surface area contributed by atoms with Crippen molar-refractivity contribution in [3.63, 3.8) is 0 Å². The van der Waals surface area contributed by atoms with Crippen molar-refractivity contribution < 1.29 is 8.42 Å². The number of hydrogen-bond donors (Lipinski definition) is 1. The van der Waals surface area contributed by atoms with Gasteiger partial charge in [-0.1, -0.05) is 25.3 Å². The van der Waals surface area contributed by atoms with Crippen LogP contribution in [0.5, 0.6) is 0 Å². The third-order valence-electron chi connectivity index (χ3n) is 3.88. The Morgan fingerprint density at radius 3 is 2.37 bits per heavy atom. The lowest BCUT2D eigenvalue weighted by Crippen LogP contribution is -2.38. The minimum Gasteiger partial charge on any atom is -0.321 e. The van der Waals surface area contributed by atoms with E-state index in [4.69, 9.17) is 5.73 Å². The minimum atomic E-state index is -3.17. The highest BCUT2D eigenvalue weighted by Crippen LogP contribution is 2.37. The van der Waals surface area contributed by atoms with Gasteiger partial charge < -0.3 is 5.73 Å². The molecule has 19 heavy (non-hydrogen) atoms. The summed E-state index contributed by atoms with van der Waals surface area (Å²) in [5.41, 5.74) is 7.30. The molecule has 0 amide bonds. The summed E-state index contributed by atoms with van der Waals surface area (Å²) in [4.78, 5) is 1.21. The van der Waals surface area contributed by atoms with Gasteiger partial charge in [0.15, 0.2) is 9.84 Å². The van der Waals surface area contributed by atoms with Gasteiger partial charge in [0, 0.05) is 16.7 Å². The molecule has 0 saturated heterocycles. The Balaban J connectivity index is 2.44.